The number of para-hydroxylation sites is 1. The van der Waals surface area contributed by atoms with E-state index in [9.17, 15) is 4.79 Å². The lowest BCUT2D eigenvalue weighted by Gasteiger charge is -2.31. The van der Waals surface area contributed by atoms with E-state index in [4.69, 9.17) is 4.74 Å². The number of ether oxygens (including phenoxy) is 1. The molecule has 130 valence electrons. The fraction of sp³-hybridized carbons (Fsp3) is 0.333. The SMILES string of the molecule is O=C(NCc1cccs1)N1CCC(Oc2nc3ccccc3s2)CC1. The first-order valence-corrected chi connectivity index (χ1v) is 10.0. The van der Waals surface area contributed by atoms with Gasteiger partial charge in [-0.05, 0) is 23.6 Å². The maximum absolute atomic E-state index is 12.2. The highest BCUT2D eigenvalue weighted by Gasteiger charge is 2.24. The average Bonchev–Trinajstić information content (AvgIpc) is 3.29. The topological polar surface area (TPSA) is 54.5 Å². The largest absolute Gasteiger partial charge is 0.467 e. The number of piperidine rings is 1. The van der Waals surface area contributed by atoms with E-state index in [2.05, 4.69) is 16.4 Å². The Balaban J connectivity index is 1.27. The zero-order chi connectivity index (χ0) is 17.1. The molecule has 0 bridgehead atoms. The van der Waals surface area contributed by atoms with E-state index < -0.39 is 0 Å². The maximum Gasteiger partial charge on any atom is 0.317 e. The van der Waals surface area contributed by atoms with Crippen LogP contribution >= 0.6 is 22.7 Å². The molecular weight excluding hydrogens is 354 g/mol. The number of hydrogen-bond donors (Lipinski definition) is 1. The van der Waals surface area contributed by atoms with E-state index in [1.165, 1.54) is 4.88 Å². The van der Waals surface area contributed by atoms with Gasteiger partial charge in [0.05, 0.1) is 16.8 Å². The number of rotatable bonds is 4. The van der Waals surface area contributed by atoms with Gasteiger partial charge in [0.1, 0.15) is 6.10 Å². The molecule has 0 aliphatic carbocycles. The van der Waals surface area contributed by atoms with E-state index in [1.807, 2.05) is 40.6 Å². The van der Waals surface area contributed by atoms with E-state index in [-0.39, 0.29) is 12.1 Å². The first-order chi connectivity index (χ1) is 12.3. The van der Waals surface area contributed by atoms with Crippen molar-refractivity contribution in [1.82, 2.24) is 15.2 Å². The van der Waals surface area contributed by atoms with Crippen LogP contribution in [0, 0.1) is 0 Å². The summed E-state index contributed by atoms with van der Waals surface area (Å²) in [6, 6.07) is 12.1. The maximum atomic E-state index is 12.2. The number of carbonyl (C=O) groups excluding carboxylic acids is 1. The van der Waals surface area contributed by atoms with Gasteiger partial charge in [0.25, 0.3) is 5.19 Å². The van der Waals surface area contributed by atoms with Gasteiger partial charge in [-0.2, -0.15) is 0 Å². The fourth-order valence-electron chi connectivity index (χ4n) is 2.91. The smallest absolute Gasteiger partial charge is 0.317 e. The standard InChI is InChI=1S/C18H19N3O2S2/c22-17(19-12-14-4-3-11-24-14)21-9-7-13(8-10-21)23-18-20-15-5-1-2-6-16(15)25-18/h1-6,11,13H,7-10,12H2,(H,19,22). The Morgan fingerprint density at radius 2 is 2.08 bits per heavy atom. The number of thiophene rings is 1. The molecule has 1 saturated heterocycles. The molecule has 1 aromatic carbocycles. The van der Waals surface area contributed by atoms with Crippen molar-refractivity contribution in [1.29, 1.82) is 0 Å². The van der Waals surface area contributed by atoms with Gasteiger partial charge >= 0.3 is 6.03 Å². The second kappa shape index (κ2) is 7.41. The molecule has 0 radical (unpaired) electrons. The number of amides is 2. The Kier molecular flexibility index (Phi) is 4.85. The van der Waals surface area contributed by atoms with Crippen LogP contribution in [0.5, 0.6) is 5.19 Å². The van der Waals surface area contributed by atoms with Crippen molar-refractivity contribution in [3.63, 3.8) is 0 Å². The predicted octanol–water partition coefficient (Wildman–Crippen LogP) is 4.11. The Morgan fingerprint density at radius 1 is 1.24 bits per heavy atom. The molecule has 0 unspecified atom stereocenters. The van der Waals surface area contributed by atoms with Gasteiger partial charge in [-0.1, -0.05) is 29.5 Å². The minimum Gasteiger partial charge on any atom is -0.467 e. The predicted molar refractivity (Wildman–Crippen MR) is 101 cm³/mol. The molecular formula is C18H19N3O2S2. The summed E-state index contributed by atoms with van der Waals surface area (Å²) in [5.41, 5.74) is 0.980. The van der Waals surface area contributed by atoms with Crippen LogP contribution in [0.4, 0.5) is 4.79 Å². The number of nitrogens with zero attached hydrogens (tertiary/aromatic N) is 2. The van der Waals surface area contributed by atoms with Gasteiger partial charge in [-0.3, -0.25) is 0 Å². The van der Waals surface area contributed by atoms with Crippen molar-refractivity contribution in [3.05, 3.63) is 46.7 Å². The minimum absolute atomic E-state index is 0.00633. The number of likely N-dealkylation sites (tertiary alicyclic amines) is 1. The lowest BCUT2D eigenvalue weighted by molar-refractivity contribution is 0.111. The quantitative estimate of drug-likeness (QED) is 0.749. The Bertz CT molecular complexity index is 806. The molecule has 0 saturated carbocycles. The number of fused-ring (bicyclic) bond motifs is 1. The number of benzene rings is 1. The van der Waals surface area contributed by atoms with Crippen LogP contribution in [0.3, 0.4) is 0 Å². The molecule has 1 aliphatic heterocycles. The molecule has 7 heteroatoms. The Hall–Kier alpha value is -2.12. The molecule has 0 spiro atoms. The first kappa shape index (κ1) is 16.4. The Morgan fingerprint density at radius 3 is 2.84 bits per heavy atom. The van der Waals surface area contributed by atoms with Crippen molar-refractivity contribution < 1.29 is 9.53 Å². The number of carbonyl (C=O) groups is 1. The molecule has 3 aromatic rings. The molecule has 25 heavy (non-hydrogen) atoms. The summed E-state index contributed by atoms with van der Waals surface area (Å²) >= 11 is 3.24. The van der Waals surface area contributed by atoms with Crippen LogP contribution in [0.25, 0.3) is 10.2 Å². The molecule has 0 atom stereocenters. The molecule has 2 aromatic heterocycles. The third kappa shape index (κ3) is 3.93. The van der Waals surface area contributed by atoms with Gasteiger partial charge in [-0.25, -0.2) is 9.78 Å². The van der Waals surface area contributed by atoms with Crippen LogP contribution in [0.1, 0.15) is 17.7 Å². The molecule has 1 aliphatic rings. The Labute approximate surface area is 154 Å². The summed E-state index contributed by atoms with van der Waals surface area (Å²) < 4.78 is 7.18. The summed E-state index contributed by atoms with van der Waals surface area (Å²) in [6.07, 6.45) is 1.80. The van der Waals surface area contributed by atoms with E-state index in [1.54, 1.807) is 22.7 Å². The molecule has 5 nitrogen and oxygen atoms in total. The highest BCUT2D eigenvalue weighted by molar-refractivity contribution is 7.20. The third-order valence-electron chi connectivity index (χ3n) is 4.26. The summed E-state index contributed by atoms with van der Waals surface area (Å²) in [4.78, 5) is 19.8. The number of hydrogen-bond acceptors (Lipinski definition) is 5. The summed E-state index contributed by atoms with van der Waals surface area (Å²) in [5.74, 6) is 0. The van der Waals surface area contributed by atoms with E-state index in [0.29, 0.717) is 19.6 Å². The number of urea groups is 1. The second-order valence-electron chi connectivity index (χ2n) is 5.99. The monoisotopic (exact) mass is 373 g/mol. The van der Waals surface area contributed by atoms with Crippen molar-refractivity contribution in [2.45, 2.75) is 25.5 Å². The highest BCUT2D eigenvalue weighted by Crippen LogP contribution is 2.29. The van der Waals surface area contributed by atoms with Crippen LogP contribution in [0.2, 0.25) is 0 Å². The number of aromatic nitrogens is 1. The number of nitrogens with one attached hydrogen (secondary N) is 1. The highest BCUT2D eigenvalue weighted by atomic mass is 32.1. The van der Waals surface area contributed by atoms with Gasteiger partial charge in [0, 0.05) is 30.8 Å². The van der Waals surface area contributed by atoms with E-state index >= 15 is 0 Å². The zero-order valence-electron chi connectivity index (χ0n) is 13.7. The van der Waals surface area contributed by atoms with Crippen LogP contribution in [-0.4, -0.2) is 35.1 Å². The first-order valence-electron chi connectivity index (χ1n) is 8.35. The van der Waals surface area contributed by atoms with Crippen molar-refractivity contribution >= 4 is 38.9 Å². The van der Waals surface area contributed by atoms with Crippen molar-refractivity contribution in [2.24, 2.45) is 0 Å². The fourth-order valence-corrected chi connectivity index (χ4v) is 4.43. The van der Waals surface area contributed by atoms with Gasteiger partial charge in [-0.15, -0.1) is 11.3 Å². The van der Waals surface area contributed by atoms with Crippen LogP contribution in [0.15, 0.2) is 41.8 Å². The average molecular weight is 374 g/mol. The van der Waals surface area contributed by atoms with Crippen molar-refractivity contribution in [3.8, 4) is 5.19 Å². The molecule has 1 fully saturated rings. The van der Waals surface area contributed by atoms with Gasteiger partial charge in [0.15, 0.2) is 0 Å². The molecule has 1 N–H and O–H groups in total. The normalized spacial score (nSPS) is 15.4. The summed E-state index contributed by atoms with van der Waals surface area (Å²) in [7, 11) is 0. The molecule has 3 heterocycles. The van der Waals surface area contributed by atoms with Gasteiger partial charge < -0.3 is 15.0 Å². The zero-order valence-corrected chi connectivity index (χ0v) is 15.3. The summed E-state index contributed by atoms with van der Waals surface area (Å²) in [6.45, 7) is 2.02. The molecule has 4 rings (SSSR count). The van der Waals surface area contributed by atoms with Gasteiger partial charge in [0.2, 0.25) is 0 Å². The van der Waals surface area contributed by atoms with Crippen molar-refractivity contribution in [2.75, 3.05) is 13.1 Å². The lowest BCUT2D eigenvalue weighted by Crippen LogP contribution is -2.46. The van der Waals surface area contributed by atoms with Crippen LogP contribution in [-0.2, 0) is 6.54 Å². The third-order valence-corrected chi connectivity index (χ3v) is 6.07. The minimum atomic E-state index is 0.00633. The number of thiazole rings is 1. The lowest BCUT2D eigenvalue weighted by atomic mass is 10.1. The molecule has 2 amide bonds. The van der Waals surface area contributed by atoms with Crippen LogP contribution < -0.4 is 10.1 Å². The summed E-state index contributed by atoms with van der Waals surface area (Å²) in [5, 5.41) is 5.73. The second-order valence-corrected chi connectivity index (χ2v) is 8.02. The van der Waals surface area contributed by atoms with E-state index in [0.717, 1.165) is 28.3 Å².